The van der Waals surface area contributed by atoms with Gasteiger partial charge < -0.3 is 11.5 Å². The minimum absolute atomic E-state index is 0.242. The van der Waals surface area contributed by atoms with Crippen LogP contribution in [0.1, 0.15) is 25.7 Å². The average Bonchev–Trinajstić information content (AvgIpc) is 1.90. The van der Waals surface area contributed by atoms with Crippen molar-refractivity contribution in [1.29, 1.82) is 0 Å². The molecule has 58 valence electrons. The van der Waals surface area contributed by atoms with Gasteiger partial charge in [-0.3, -0.25) is 0 Å². The fourth-order valence-electron chi connectivity index (χ4n) is 1.24. The highest BCUT2D eigenvalue weighted by Crippen LogP contribution is 2.09. The molecule has 0 saturated heterocycles. The van der Waals surface area contributed by atoms with Crippen LogP contribution in [-0.4, -0.2) is 12.1 Å². The third kappa shape index (κ3) is 2.50. The zero-order valence-corrected chi connectivity index (χ0v) is 6.29. The summed E-state index contributed by atoms with van der Waals surface area (Å²) in [6.07, 6.45) is 8.73. The molecular weight excluding hydrogens is 124 g/mol. The normalized spacial score (nSPS) is 38.2. The Kier molecular flexibility index (Phi) is 2.90. The van der Waals surface area contributed by atoms with Gasteiger partial charge in [0.1, 0.15) is 0 Å². The zero-order chi connectivity index (χ0) is 7.40. The molecule has 0 amide bonds. The molecule has 4 N–H and O–H groups in total. The fraction of sp³-hybridized carbons (Fsp3) is 0.750. The summed E-state index contributed by atoms with van der Waals surface area (Å²) in [5.74, 6) is 0. The maximum atomic E-state index is 5.72. The third-order valence-corrected chi connectivity index (χ3v) is 1.93. The van der Waals surface area contributed by atoms with Gasteiger partial charge in [0.05, 0.1) is 0 Å². The van der Waals surface area contributed by atoms with Crippen molar-refractivity contribution in [3.63, 3.8) is 0 Å². The first-order chi connectivity index (χ1) is 4.79. The third-order valence-electron chi connectivity index (χ3n) is 1.93. The maximum absolute atomic E-state index is 5.72. The lowest BCUT2D eigenvalue weighted by Gasteiger charge is -2.13. The molecule has 0 aromatic carbocycles. The summed E-state index contributed by atoms with van der Waals surface area (Å²) >= 11 is 0. The first-order valence-corrected chi connectivity index (χ1v) is 3.98. The molecule has 0 aromatic heterocycles. The molecule has 0 aromatic rings. The van der Waals surface area contributed by atoms with Gasteiger partial charge >= 0.3 is 0 Å². The highest BCUT2D eigenvalue weighted by Gasteiger charge is 2.04. The summed E-state index contributed by atoms with van der Waals surface area (Å²) in [7, 11) is 0. The van der Waals surface area contributed by atoms with Crippen LogP contribution in [0.15, 0.2) is 12.2 Å². The largest absolute Gasteiger partial charge is 0.324 e. The molecule has 1 aliphatic carbocycles. The summed E-state index contributed by atoms with van der Waals surface area (Å²) in [6, 6.07) is 0.484. The van der Waals surface area contributed by atoms with Crippen molar-refractivity contribution < 1.29 is 0 Å². The summed E-state index contributed by atoms with van der Waals surface area (Å²) in [6.45, 7) is 0. The van der Waals surface area contributed by atoms with E-state index < -0.39 is 0 Å². The summed E-state index contributed by atoms with van der Waals surface area (Å²) < 4.78 is 0. The smallest absolute Gasteiger partial charge is 0.0224 e. The number of hydrogen-bond acceptors (Lipinski definition) is 2. The molecule has 1 aliphatic rings. The van der Waals surface area contributed by atoms with Crippen LogP contribution in [0.2, 0.25) is 0 Å². The molecule has 0 radical (unpaired) electrons. The SMILES string of the molecule is NC1/C=C/C(N)CCCC1. The van der Waals surface area contributed by atoms with Crippen LogP contribution in [0.25, 0.3) is 0 Å². The second-order valence-corrected chi connectivity index (χ2v) is 3.00. The molecule has 0 heterocycles. The second-order valence-electron chi connectivity index (χ2n) is 3.00. The van der Waals surface area contributed by atoms with Crippen molar-refractivity contribution in [2.45, 2.75) is 37.8 Å². The summed E-state index contributed by atoms with van der Waals surface area (Å²) in [5.41, 5.74) is 11.4. The topological polar surface area (TPSA) is 52.0 Å². The maximum Gasteiger partial charge on any atom is 0.0224 e. The van der Waals surface area contributed by atoms with Gasteiger partial charge in [-0.05, 0) is 12.8 Å². The lowest BCUT2D eigenvalue weighted by atomic mass is 10.0. The van der Waals surface area contributed by atoms with Crippen LogP contribution >= 0.6 is 0 Å². The van der Waals surface area contributed by atoms with E-state index in [1.54, 1.807) is 0 Å². The van der Waals surface area contributed by atoms with Crippen LogP contribution in [0.5, 0.6) is 0 Å². The molecule has 0 fully saturated rings. The predicted octanol–water partition coefficient (Wildman–Crippen LogP) is 0.771. The van der Waals surface area contributed by atoms with Crippen molar-refractivity contribution in [2.24, 2.45) is 11.5 Å². The summed E-state index contributed by atoms with van der Waals surface area (Å²) in [5, 5.41) is 0. The van der Waals surface area contributed by atoms with E-state index >= 15 is 0 Å². The predicted molar refractivity (Wildman–Crippen MR) is 43.6 cm³/mol. The van der Waals surface area contributed by atoms with E-state index in [1.165, 1.54) is 12.8 Å². The van der Waals surface area contributed by atoms with E-state index in [0.717, 1.165) is 12.8 Å². The van der Waals surface area contributed by atoms with E-state index in [4.69, 9.17) is 11.5 Å². The summed E-state index contributed by atoms with van der Waals surface area (Å²) in [4.78, 5) is 0. The Hall–Kier alpha value is -0.340. The Morgan fingerprint density at radius 2 is 1.30 bits per heavy atom. The van der Waals surface area contributed by atoms with Gasteiger partial charge in [-0.1, -0.05) is 25.0 Å². The second kappa shape index (κ2) is 3.74. The van der Waals surface area contributed by atoms with Crippen molar-refractivity contribution in [2.75, 3.05) is 0 Å². The fourth-order valence-corrected chi connectivity index (χ4v) is 1.24. The molecule has 2 atom stereocenters. The lowest BCUT2D eigenvalue weighted by molar-refractivity contribution is 0.562. The molecule has 10 heavy (non-hydrogen) atoms. The quantitative estimate of drug-likeness (QED) is 0.488. The minimum Gasteiger partial charge on any atom is -0.324 e. The van der Waals surface area contributed by atoms with E-state index in [9.17, 15) is 0 Å². The highest BCUT2D eigenvalue weighted by atomic mass is 14.6. The van der Waals surface area contributed by atoms with E-state index in [0.29, 0.717) is 0 Å². The average molecular weight is 140 g/mol. The number of nitrogens with two attached hydrogens (primary N) is 2. The van der Waals surface area contributed by atoms with Crippen LogP contribution in [0.3, 0.4) is 0 Å². The molecule has 2 nitrogen and oxygen atoms in total. The van der Waals surface area contributed by atoms with Gasteiger partial charge in [-0.25, -0.2) is 0 Å². The van der Waals surface area contributed by atoms with Crippen LogP contribution in [0.4, 0.5) is 0 Å². The zero-order valence-electron chi connectivity index (χ0n) is 6.29. The molecule has 0 saturated carbocycles. The van der Waals surface area contributed by atoms with Gasteiger partial charge in [0.15, 0.2) is 0 Å². The monoisotopic (exact) mass is 140 g/mol. The first-order valence-electron chi connectivity index (χ1n) is 3.98. The Bertz CT molecular complexity index is 106. The van der Waals surface area contributed by atoms with Crippen molar-refractivity contribution in [3.8, 4) is 0 Å². The van der Waals surface area contributed by atoms with Gasteiger partial charge in [0, 0.05) is 12.1 Å². The molecular formula is C8H16N2. The molecule has 2 unspecified atom stereocenters. The minimum atomic E-state index is 0.242. The van der Waals surface area contributed by atoms with E-state index in [-0.39, 0.29) is 12.1 Å². The Morgan fingerprint density at radius 1 is 0.900 bits per heavy atom. The lowest BCUT2D eigenvalue weighted by Crippen LogP contribution is -2.23. The molecule has 0 spiro atoms. The Labute approximate surface area is 62.3 Å². The molecule has 2 heteroatoms. The van der Waals surface area contributed by atoms with Gasteiger partial charge in [-0.15, -0.1) is 0 Å². The first kappa shape index (κ1) is 7.76. The molecule has 0 aliphatic heterocycles. The van der Waals surface area contributed by atoms with Crippen molar-refractivity contribution in [3.05, 3.63) is 12.2 Å². The van der Waals surface area contributed by atoms with Crippen LogP contribution in [0, 0.1) is 0 Å². The standard InChI is InChI=1S/C8H16N2/c9-7-3-1-2-4-8(10)6-5-7/h5-8H,1-4,9-10H2/b6-5+. The van der Waals surface area contributed by atoms with Gasteiger partial charge in [-0.2, -0.15) is 0 Å². The Morgan fingerprint density at radius 3 is 1.70 bits per heavy atom. The van der Waals surface area contributed by atoms with Crippen LogP contribution < -0.4 is 11.5 Å². The van der Waals surface area contributed by atoms with Gasteiger partial charge in [0.2, 0.25) is 0 Å². The molecule has 0 bridgehead atoms. The number of hydrogen-bond donors (Lipinski definition) is 2. The van der Waals surface area contributed by atoms with Crippen LogP contribution in [-0.2, 0) is 0 Å². The molecule has 1 rings (SSSR count). The van der Waals surface area contributed by atoms with Crippen molar-refractivity contribution in [1.82, 2.24) is 0 Å². The van der Waals surface area contributed by atoms with Gasteiger partial charge in [0.25, 0.3) is 0 Å². The van der Waals surface area contributed by atoms with E-state index in [1.807, 2.05) is 12.2 Å². The van der Waals surface area contributed by atoms with E-state index in [2.05, 4.69) is 0 Å². The highest BCUT2D eigenvalue weighted by molar-refractivity contribution is 4.98. The van der Waals surface area contributed by atoms with Crippen molar-refractivity contribution >= 4 is 0 Å². The number of rotatable bonds is 0. The Balaban J connectivity index is 2.42.